The first-order chi connectivity index (χ1) is 7.88. The fraction of sp³-hybridized carbons (Fsp3) is 0.615. The van der Waals surface area contributed by atoms with Crippen molar-refractivity contribution in [2.45, 2.75) is 52.1 Å². The van der Waals surface area contributed by atoms with Crippen molar-refractivity contribution >= 4 is 33.2 Å². The molecular weight excluding hydrogens is 300 g/mol. The van der Waals surface area contributed by atoms with Crippen LogP contribution in [0.1, 0.15) is 54.4 Å². The van der Waals surface area contributed by atoms with Gasteiger partial charge in [0, 0.05) is 0 Å². The zero-order valence-electron chi connectivity index (χ0n) is 10.4. The number of carbonyl (C=O) groups is 1. The van der Waals surface area contributed by atoms with Crippen molar-refractivity contribution in [1.82, 2.24) is 0 Å². The summed E-state index contributed by atoms with van der Waals surface area (Å²) in [7, 11) is 0. The topological polar surface area (TPSA) is 26.3 Å². The van der Waals surface area contributed by atoms with Gasteiger partial charge in [-0.25, -0.2) is 4.79 Å². The van der Waals surface area contributed by atoms with Crippen molar-refractivity contribution in [2.24, 2.45) is 0 Å². The van der Waals surface area contributed by atoms with Crippen molar-refractivity contribution in [3.05, 3.63) is 19.8 Å². The predicted octanol–water partition coefficient (Wildman–Crippen LogP) is 4.34. The number of halogens is 1. The second kappa shape index (κ2) is 4.73. The van der Waals surface area contributed by atoms with Gasteiger partial charge in [0.1, 0.15) is 10.5 Å². The highest BCUT2D eigenvalue weighted by molar-refractivity contribution is 9.11. The first-order valence-electron chi connectivity index (χ1n) is 5.92. The largest absolute Gasteiger partial charge is 0.456 e. The number of hydrogen-bond donors (Lipinski definition) is 0. The van der Waals surface area contributed by atoms with Crippen molar-refractivity contribution in [3.8, 4) is 0 Å². The zero-order valence-corrected chi connectivity index (χ0v) is 12.8. The molecule has 0 unspecified atom stereocenters. The Morgan fingerprint density at radius 1 is 1.24 bits per heavy atom. The SMILES string of the molecule is CC(C)(C)OC(=O)c1sc(Br)c2c1CCCC2. The van der Waals surface area contributed by atoms with Crippen molar-refractivity contribution in [1.29, 1.82) is 0 Å². The van der Waals surface area contributed by atoms with Gasteiger partial charge >= 0.3 is 5.97 Å². The molecule has 0 aromatic carbocycles. The molecule has 0 N–H and O–H groups in total. The van der Waals surface area contributed by atoms with Gasteiger partial charge in [-0.15, -0.1) is 11.3 Å². The number of carbonyl (C=O) groups excluding carboxylic acids is 1. The lowest BCUT2D eigenvalue weighted by molar-refractivity contribution is 0.00739. The van der Waals surface area contributed by atoms with Crippen LogP contribution in [0.25, 0.3) is 0 Å². The molecule has 0 saturated heterocycles. The maximum atomic E-state index is 12.1. The number of thiophene rings is 1. The molecule has 0 amide bonds. The maximum Gasteiger partial charge on any atom is 0.349 e. The summed E-state index contributed by atoms with van der Waals surface area (Å²) < 4.78 is 6.56. The van der Waals surface area contributed by atoms with E-state index in [0.717, 1.165) is 21.5 Å². The van der Waals surface area contributed by atoms with E-state index in [-0.39, 0.29) is 5.97 Å². The molecule has 0 spiro atoms. The van der Waals surface area contributed by atoms with E-state index in [1.165, 1.54) is 35.3 Å². The minimum atomic E-state index is -0.422. The molecule has 1 aliphatic carbocycles. The summed E-state index contributed by atoms with van der Waals surface area (Å²) in [5.41, 5.74) is 2.11. The fourth-order valence-electron chi connectivity index (χ4n) is 2.07. The summed E-state index contributed by atoms with van der Waals surface area (Å²) in [4.78, 5) is 12.9. The van der Waals surface area contributed by atoms with Crippen molar-refractivity contribution in [2.75, 3.05) is 0 Å². The molecular formula is C13H17BrO2S. The lowest BCUT2D eigenvalue weighted by Gasteiger charge is -2.20. The molecule has 94 valence electrons. The number of ether oxygens (including phenoxy) is 1. The van der Waals surface area contributed by atoms with Crippen LogP contribution in [-0.4, -0.2) is 11.6 Å². The zero-order chi connectivity index (χ0) is 12.6. The maximum absolute atomic E-state index is 12.1. The summed E-state index contributed by atoms with van der Waals surface area (Å²) in [5.74, 6) is -0.175. The Kier molecular flexibility index (Phi) is 3.64. The molecule has 4 heteroatoms. The standard InChI is InChI=1S/C13H17BrO2S/c1-13(2,3)16-12(15)10-8-6-4-5-7-9(8)11(14)17-10/h4-7H2,1-3H3. The van der Waals surface area contributed by atoms with Crippen molar-refractivity contribution in [3.63, 3.8) is 0 Å². The van der Waals surface area contributed by atoms with Gasteiger partial charge in [-0.05, 0) is 73.5 Å². The van der Waals surface area contributed by atoms with E-state index >= 15 is 0 Å². The van der Waals surface area contributed by atoms with Crippen LogP contribution in [0.4, 0.5) is 0 Å². The van der Waals surface area contributed by atoms with Gasteiger partial charge in [-0.2, -0.15) is 0 Å². The fourth-order valence-corrected chi connectivity index (χ4v) is 4.00. The highest BCUT2D eigenvalue weighted by atomic mass is 79.9. The molecule has 1 aromatic heterocycles. The Hall–Kier alpha value is -0.350. The van der Waals surface area contributed by atoms with E-state index < -0.39 is 5.60 Å². The van der Waals surface area contributed by atoms with Gasteiger partial charge in [0.25, 0.3) is 0 Å². The number of fused-ring (bicyclic) bond motifs is 1. The van der Waals surface area contributed by atoms with Crippen LogP contribution in [0.2, 0.25) is 0 Å². The molecule has 0 fully saturated rings. The number of rotatable bonds is 1. The average Bonchev–Trinajstić information content (AvgIpc) is 2.55. The van der Waals surface area contributed by atoms with Crippen LogP contribution >= 0.6 is 27.3 Å². The monoisotopic (exact) mass is 316 g/mol. The van der Waals surface area contributed by atoms with E-state index in [9.17, 15) is 4.79 Å². The minimum Gasteiger partial charge on any atom is -0.456 e. The smallest absolute Gasteiger partial charge is 0.349 e. The highest BCUT2D eigenvalue weighted by Crippen LogP contribution is 2.38. The Bertz CT molecular complexity index is 443. The second-order valence-corrected chi connectivity index (χ2v) is 7.71. The minimum absolute atomic E-state index is 0.175. The Balaban J connectivity index is 2.30. The molecule has 2 nitrogen and oxygen atoms in total. The van der Waals surface area contributed by atoms with Crippen LogP contribution in [-0.2, 0) is 17.6 Å². The third-order valence-corrected chi connectivity index (χ3v) is 4.76. The Labute approximate surface area is 114 Å². The second-order valence-electron chi connectivity index (χ2n) is 5.37. The molecule has 1 aliphatic rings. The molecule has 0 aliphatic heterocycles. The number of esters is 1. The molecule has 17 heavy (non-hydrogen) atoms. The normalized spacial score (nSPS) is 15.5. The van der Waals surface area contributed by atoms with Gasteiger partial charge in [-0.1, -0.05) is 0 Å². The van der Waals surface area contributed by atoms with Crippen LogP contribution in [0, 0.1) is 0 Å². The van der Waals surface area contributed by atoms with Crippen LogP contribution in [0.3, 0.4) is 0 Å². The summed E-state index contributed by atoms with van der Waals surface area (Å²) in [6.07, 6.45) is 4.48. The van der Waals surface area contributed by atoms with Gasteiger partial charge < -0.3 is 4.74 Å². The van der Waals surface area contributed by atoms with E-state index in [0.29, 0.717) is 0 Å². The summed E-state index contributed by atoms with van der Waals surface area (Å²) >= 11 is 5.08. The molecule has 0 radical (unpaired) electrons. The number of hydrogen-bond acceptors (Lipinski definition) is 3. The lowest BCUT2D eigenvalue weighted by atomic mass is 9.94. The first kappa shape index (κ1) is 13.1. The predicted molar refractivity (Wildman–Crippen MR) is 73.8 cm³/mol. The van der Waals surface area contributed by atoms with Gasteiger partial charge in [0.15, 0.2) is 0 Å². The molecule has 0 bridgehead atoms. The first-order valence-corrected chi connectivity index (χ1v) is 7.53. The van der Waals surface area contributed by atoms with E-state index in [1.807, 2.05) is 20.8 Å². The molecule has 1 aromatic rings. The van der Waals surface area contributed by atoms with Gasteiger partial charge in [0.05, 0.1) is 3.79 Å². The van der Waals surface area contributed by atoms with Crippen molar-refractivity contribution < 1.29 is 9.53 Å². The Morgan fingerprint density at radius 2 is 1.82 bits per heavy atom. The summed E-state index contributed by atoms with van der Waals surface area (Å²) in [6, 6.07) is 0. The van der Waals surface area contributed by atoms with E-state index in [4.69, 9.17) is 4.74 Å². The van der Waals surface area contributed by atoms with Gasteiger partial charge in [0.2, 0.25) is 0 Å². The molecule has 0 atom stereocenters. The summed E-state index contributed by atoms with van der Waals surface area (Å²) in [5, 5.41) is 0. The quantitative estimate of drug-likeness (QED) is 0.720. The van der Waals surface area contributed by atoms with Crippen LogP contribution < -0.4 is 0 Å². The van der Waals surface area contributed by atoms with Gasteiger partial charge in [-0.3, -0.25) is 0 Å². The molecule has 1 heterocycles. The third-order valence-electron chi connectivity index (χ3n) is 2.76. The van der Waals surface area contributed by atoms with Crippen LogP contribution in [0.5, 0.6) is 0 Å². The molecule has 0 saturated carbocycles. The Morgan fingerprint density at radius 3 is 2.41 bits per heavy atom. The summed E-state index contributed by atoms with van der Waals surface area (Å²) in [6.45, 7) is 5.71. The highest BCUT2D eigenvalue weighted by Gasteiger charge is 2.27. The third kappa shape index (κ3) is 2.91. The van der Waals surface area contributed by atoms with E-state index in [2.05, 4.69) is 15.9 Å². The molecule has 2 rings (SSSR count). The van der Waals surface area contributed by atoms with Crippen LogP contribution in [0.15, 0.2) is 3.79 Å². The average molecular weight is 317 g/mol. The van der Waals surface area contributed by atoms with E-state index in [1.54, 1.807) is 0 Å². The lowest BCUT2D eigenvalue weighted by Crippen LogP contribution is -2.24.